The third kappa shape index (κ3) is 2.87. The molecule has 0 bridgehead atoms. The van der Waals surface area contributed by atoms with E-state index < -0.39 is 0 Å². The average Bonchev–Trinajstić information content (AvgIpc) is 2.67. The van der Waals surface area contributed by atoms with Gasteiger partial charge in [0.15, 0.2) is 0 Å². The van der Waals surface area contributed by atoms with Crippen LogP contribution in [0.3, 0.4) is 0 Å². The summed E-state index contributed by atoms with van der Waals surface area (Å²) in [5.41, 5.74) is 2.53. The van der Waals surface area contributed by atoms with E-state index in [0.717, 1.165) is 18.1 Å². The smallest absolute Gasteiger partial charge is 0.0897 e. The van der Waals surface area contributed by atoms with Crippen LogP contribution in [0.5, 0.6) is 0 Å². The van der Waals surface area contributed by atoms with Crippen LogP contribution in [0.2, 0.25) is 0 Å². The molecule has 0 aliphatic carbocycles. The highest BCUT2D eigenvalue weighted by molar-refractivity contribution is 7.11. The number of rotatable bonds is 4. The van der Waals surface area contributed by atoms with Crippen LogP contribution in [-0.4, -0.2) is 9.97 Å². The molecule has 4 heteroatoms. The fraction of sp³-hybridized carbons (Fsp3) is 0.333. The Morgan fingerprint density at radius 3 is 2.81 bits per heavy atom. The van der Waals surface area contributed by atoms with Crippen LogP contribution in [-0.2, 0) is 13.1 Å². The van der Waals surface area contributed by atoms with Gasteiger partial charge in [0, 0.05) is 36.6 Å². The summed E-state index contributed by atoms with van der Waals surface area (Å²) >= 11 is 1.74. The third-order valence-corrected chi connectivity index (χ3v) is 3.33. The Morgan fingerprint density at radius 2 is 2.12 bits per heavy atom. The first-order valence-electron chi connectivity index (χ1n) is 5.27. The van der Waals surface area contributed by atoms with Crippen LogP contribution in [0.1, 0.15) is 21.0 Å². The molecule has 84 valence electrons. The second-order valence-electron chi connectivity index (χ2n) is 3.75. The first kappa shape index (κ1) is 11.2. The summed E-state index contributed by atoms with van der Waals surface area (Å²) in [6, 6.07) is 2.06. The minimum Gasteiger partial charge on any atom is -0.308 e. The number of aryl methyl sites for hydroxylation is 2. The molecule has 0 aliphatic heterocycles. The average molecular weight is 233 g/mol. The van der Waals surface area contributed by atoms with Crippen LogP contribution < -0.4 is 5.32 Å². The second kappa shape index (κ2) is 5.18. The summed E-state index contributed by atoms with van der Waals surface area (Å²) in [7, 11) is 0. The highest BCUT2D eigenvalue weighted by Crippen LogP contribution is 2.11. The van der Waals surface area contributed by atoms with E-state index in [1.807, 2.05) is 25.5 Å². The molecule has 0 saturated carbocycles. The van der Waals surface area contributed by atoms with Crippen molar-refractivity contribution in [2.24, 2.45) is 0 Å². The summed E-state index contributed by atoms with van der Waals surface area (Å²) in [6.07, 6.45) is 5.67. The van der Waals surface area contributed by atoms with E-state index >= 15 is 0 Å². The Balaban J connectivity index is 1.87. The number of nitrogens with one attached hydrogen (secondary N) is 1. The van der Waals surface area contributed by atoms with Crippen molar-refractivity contribution in [2.45, 2.75) is 26.9 Å². The molecule has 2 rings (SSSR count). The van der Waals surface area contributed by atoms with E-state index in [1.165, 1.54) is 16.0 Å². The number of hydrogen-bond acceptors (Lipinski definition) is 4. The van der Waals surface area contributed by atoms with Crippen LogP contribution in [0, 0.1) is 13.8 Å². The summed E-state index contributed by atoms with van der Waals surface area (Å²) in [4.78, 5) is 9.59. The van der Waals surface area contributed by atoms with Crippen molar-refractivity contribution in [1.29, 1.82) is 0 Å². The number of nitrogens with zero attached hydrogens (tertiary/aromatic N) is 2. The SMILES string of the molecule is Cc1ncc(CNCc2ccncc2C)s1. The van der Waals surface area contributed by atoms with E-state index in [-0.39, 0.29) is 0 Å². The van der Waals surface area contributed by atoms with E-state index in [4.69, 9.17) is 0 Å². The van der Waals surface area contributed by atoms with Gasteiger partial charge in [0.05, 0.1) is 5.01 Å². The van der Waals surface area contributed by atoms with Gasteiger partial charge in [-0.3, -0.25) is 4.98 Å². The predicted octanol–water partition coefficient (Wildman–Crippen LogP) is 2.44. The standard InChI is InChI=1S/C12H15N3S/c1-9-5-13-4-3-11(9)6-14-7-12-8-15-10(2)16-12/h3-5,8,14H,6-7H2,1-2H3. The molecular formula is C12H15N3S. The van der Waals surface area contributed by atoms with Crippen molar-refractivity contribution in [3.05, 3.63) is 45.7 Å². The Bertz CT molecular complexity index is 465. The topological polar surface area (TPSA) is 37.8 Å². The van der Waals surface area contributed by atoms with Crippen molar-refractivity contribution < 1.29 is 0 Å². The molecule has 3 nitrogen and oxygen atoms in total. The van der Waals surface area contributed by atoms with E-state index in [1.54, 1.807) is 11.3 Å². The molecule has 0 spiro atoms. The molecule has 0 saturated heterocycles. The predicted molar refractivity (Wildman–Crippen MR) is 66.4 cm³/mol. The Kier molecular flexibility index (Phi) is 3.64. The van der Waals surface area contributed by atoms with Crippen LogP contribution in [0.25, 0.3) is 0 Å². The van der Waals surface area contributed by atoms with Gasteiger partial charge >= 0.3 is 0 Å². The van der Waals surface area contributed by atoms with Crippen LogP contribution >= 0.6 is 11.3 Å². The fourth-order valence-electron chi connectivity index (χ4n) is 1.51. The minimum absolute atomic E-state index is 0.880. The Labute approximate surface area is 99.6 Å². The Hall–Kier alpha value is -1.26. The van der Waals surface area contributed by atoms with Gasteiger partial charge < -0.3 is 5.32 Å². The van der Waals surface area contributed by atoms with Crippen molar-refractivity contribution in [3.8, 4) is 0 Å². The zero-order chi connectivity index (χ0) is 11.4. The monoisotopic (exact) mass is 233 g/mol. The minimum atomic E-state index is 0.880. The lowest BCUT2D eigenvalue weighted by molar-refractivity contribution is 0.696. The highest BCUT2D eigenvalue weighted by atomic mass is 32.1. The number of hydrogen-bond donors (Lipinski definition) is 1. The zero-order valence-electron chi connectivity index (χ0n) is 9.53. The molecule has 0 amide bonds. The largest absolute Gasteiger partial charge is 0.308 e. The molecule has 1 N–H and O–H groups in total. The number of thiazole rings is 1. The molecule has 16 heavy (non-hydrogen) atoms. The molecule has 2 aromatic heterocycles. The number of pyridine rings is 1. The first-order valence-corrected chi connectivity index (χ1v) is 6.09. The summed E-state index contributed by atoms with van der Waals surface area (Å²) < 4.78 is 0. The maximum Gasteiger partial charge on any atom is 0.0897 e. The van der Waals surface area contributed by atoms with Gasteiger partial charge in [-0.05, 0) is 31.0 Å². The zero-order valence-corrected chi connectivity index (χ0v) is 10.3. The molecule has 2 aromatic rings. The maximum absolute atomic E-state index is 4.23. The molecule has 0 fully saturated rings. The van der Waals surface area contributed by atoms with Gasteiger partial charge in [0.1, 0.15) is 0 Å². The van der Waals surface area contributed by atoms with Crippen LogP contribution in [0.15, 0.2) is 24.7 Å². The van der Waals surface area contributed by atoms with Gasteiger partial charge in [-0.25, -0.2) is 4.98 Å². The molecule has 2 heterocycles. The van der Waals surface area contributed by atoms with Gasteiger partial charge in [0.2, 0.25) is 0 Å². The van der Waals surface area contributed by atoms with Crippen LogP contribution in [0.4, 0.5) is 0 Å². The molecule has 0 unspecified atom stereocenters. The normalized spacial score (nSPS) is 10.6. The fourth-order valence-corrected chi connectivity index (χ4v) is 2.27. The quantitative estimate of drug-likeness (QED) is 0.881. The van der Waals surface area contributed by atoms with Gasteiger partial charge in [-0.1, -0.05) is 0 Å². The lowest BCUT2D eigenvalue weighted by Gasteiger charge is -2.05. The number of aromatic nitrogens is 2. The van der Waals surface area contributed by atoms with Crippen molar-refractivity contribution in [3.63, 3.8) is 0 Å². The lowest BCUT2D eigenvalue weighted by Crippen LogP contribution is -2.12. The van der Waals surface area contributed by atoms with Crippen molar-refractivity contribution in [1.82, 2.24) is 15.3 Å². The third-order valence-electron chi connectivity index (χ3n) is 2.42. The Morgan fingerprint density at radius 1 is 1.25 bits per heavy atom. The van der Waals surface area contributed by atoms with Crippen molar-refractivity contribution >= 4 is 11.3 Å². The first-order chi connectivity index (χ1) is 7.75. The summed E-state index contributed by atoms with van der Waals surface area (Å²) in [6.45, 7) is 5.88. The van der Waals surface area contributed by atoms with Gasteiger partial charge in [-0.15, -0.1) is 11.3 Å². The molecule has 0 aliphatic rings. The lowest BCUT2D eigenvalue weighted by atomic mass is 10.1. The maximum atomic E-state index is 4.23. The van der Waals surface area contributed by atoms with Gasteiger partial charge in [-0.2, -0.15) is 0 Å². The second-order valence-corrected chi connectivity index (χ2v) is 5.07. The van der Waals surface area contributed by atoms with E-state index in [9.17, 15) is 0 Å². The summed E-state index contributed by atoms with van der Waals surface area (Å²) in [5, 5.41) is 4.54. The molecule has 0 aromatic carbocycles. The molecular weight excluding hydrogens is 218 g/mol. The van der Waals surface area contributed by atoms with Gasteiger partial charge in [0.25, 0.3) is 0 Å². The van der Waals surface area contributed by atoms with Crippen molar-refractivity contribution in [2.75, 3.05) is 0 Å². The van der Waals surface area contributed by atoms with E-state index in [0.29, 0.717) is 0 Å². The summed E-state index contributed by atoms with van der Waals surface area (Å²) in [5.74, 6) is 0. The molecule has 0 radical (unpaired) electrons. The van der Waals surface area contributed by atoms with E-state index in [2.05, 4.69) is 28.3 Å². The molecule has 0 atom stereocenters. The highest BCUT2D eigenvalue weighted by Gasteiger charge is 1.99.